The van der Waals surface area contributed by atoms with Gasteiger partial charge in [0.05, 0.1) is 21.9 Å². The fourth-order valence-electron chi connectivity index (χ4n) is 3.78. The average molecular weight is 399 g/mol. The molecule has 0 bridgehead atoms. The van der Waals surface area contributed by atoms with E-state index in [-0.39, 0.29) is 22.4 Å². The van der Waals surface area contributed by atoms with Gasteiger partial charge in [-0.05, 0) is 29.8 Å². The lowest BCUT2D eigenvalue weighted by Gasteiger charge is -2.23. The summed E-state index contributed by atoms with van der Waals surface area (Å²) in [5.41, 5.74) is 0.374. The number of nitro benzene ring substituents is 1. The Kier molecular flexibility index (Phi) is 3.92. The number of carbonyl (C=O) groups is 1. The molecule has 1 amide bonds. The zero-order valence-corrected chi connectivity index (χ0v) is 15.4. The molecule has 0 aliphatic carbocycles. The number of pyridine rings is 1. The van der Waals surface area contributed by atoms with Crippen molar-refractivity contribution >= 4 is 28.4 Å². The van der Waals surface area contributed by atoms with Gasteiger partial charge in [0.25, 0.3) is 11.6 Å². The maximum Gasteiger partial charge on any atom is 0.296 e. The zero-order chi connectivity index (χ0) is 20.8. The van der Waals surface area contributed by atoms with Crippen molar-refractivity contribution in [2.24, 2.45) is 0 Å². The maximum atomic E-state index is 13.4. The topological polar surface area (TPSA) is 107 Å². The predicted molar refractivity (Wildman–Crippen MR) is 108 cm³/mol. The number of benzene rings is 2. The SMILES string of the molecule is O=C1c2oc3ccccc3c(=O)c2[C@H](c2cccc([N+](=O)[O-])c2)N1c1ccccn1. The lowest BCUT2D eigenvalue weighted by molar-refractivity contribution is -0.384. The Morgan fingerprint density at radius 3 is 2.57 bits per heavy atom. The second-order valence-electron chi connectivity index (χ2n) is 6.79. The average Bonchev–Trinajstić information content (AvgIpc) is 3.07. The predicted octanol–water partition coefficient (Wildman–Crippen LogP) is 3.85. The molecule has 8 heteroatoms. The standard InChI is InChI=1S/C22H13N3O5/c26-20-15-8-1-2-9-16(15)30-21-18(20)19(13-6-5-7-14(12-13)25(28)29)24(22(21)27)17-10-3-4-11-23-17/h1-12,19H/t19-/m0/s1. The van der Waals surface area contributed by atoms with E-state index in [1.807, 2.05) is 0 Å². The third-order valence-corrected chi connectivity index (χ3v) is 5.07. The summed E-state index contributed by atoms with van der Waals surface area (Å²) in [5, 5.41) is 11.6. The Morgan fingerprint density at radius 1 is 1.00 bits per heavy atom. The molecule has 0 fully saturated rings. The third-order valence-electron chi connectivity index (χ3n) is 5.07. The highest BCUT2D eigenvalue weighted by Gasteiger charge is 2.44. The molecule has 0 spiro atoms. The number of aromatic nitrogens is 1. The fourth-order valence-corrected chi connectivity index (χ4v) is 3.78. The van der Waals surface area contributed by atoms with Gasteiger partial charge in [0.1, 0.15) is 11.4 Å². The number of anilines is 1. The lowest BCUT2D eigenvalue weighted by Crippen LogP contribution is -2.30. The number of non-ortho nitro benzene ring substituents is 1. The van der Waals surface area contributed by atoms with Crippen LogP contribution in [0.5, 0.6) is 0 Å². The molecular weight excluding hydrogens is 386 g/mol. The molecule has 0 radical (unpaired) electrons. The molecule has 5 rings (SSSR count). The van der Waals surface area contributed by atoms with E-state index in [1.54, 1.807) is 48.5 Å². The minimum absolute atomic E-state index is 0.0825. The van der Waals surface area contributed by atoms with Crippen LogP contribution < -0.4 is 10.3 Å². The summed E-state index contributed by atoms with van der Waals surface area (Å²) in [4.78, 5) is 43.0. The van der Waals surface area contributed by atoms with Crippen LogP contribution in [0.15, 0.2) is 82.1 Å². The second kappa shape index (κ2) is 6.63. The van der Waals surface area contributed by atoms with Crippen LogP contribution >= 0.6 is 0 Å². The molecule has 30 heavy (non-hydrogen) atoms. The highest BCUT2D eigenvalue weighted by molar-refractivity contribution is 6.10. The molecular formula is C22H13N3O5. The van der Waals surface area contributed by atoms with Crippen molar-refractivity contribution in [2.45, 2.75) is 6.04 Å². The summed E-state index contributed by atoms with van der Waals surface area (Å²) >= 11 is 0. The first kappa shape index (κ1) is 17.7. The highest BCUT2D eigenvalue weighted by atomic mass is 16.6. The Bertz CT molecular complexity index is 1380. The number of nitro groups is 1. The maximum absolute atomic E-state index is 13.4. The van der Waals surface area contributed by atoms with Crippen LogP contribution in [0.4, 0.5) is 11.5 Å². The molecule has 0 unspecified atom stereocenters. The number of nitrogens with zero attached hydrogens (tertiary/aromatic N) is 3. The van der Waals surface area contributed by atoms with Gasteiger partial charge in [0.2, 0.25) is 5.76 Å². The van der Waals surface area contributed by atoms with Gasteiger partial charge in [-0.2, -0.15) is 0 Å². The smallest absolute Gasteiger partial charge is 0.296 e. The quantitative estimate of drug-likeness (QED) is 0.383. The Labute approximate surface area is 169 Å². The van der Waals surface area contributed by atoms with Gasteiger partial charge in [0.15, 0.2) is 5.43 Å². The van der Waals surface area contributed by atoms with Crippen molar-refractivity contribution in [1.82, 2.24) is 4.98 Å². The number of fused-ring (bicyclic) bond motifs is 2. The van der Waals surface area contributed by atoms with E-state index in [0.29, 0.717) is 22.4 Å². The molecule has 1 atom stereocenters. The van der Waals surface area contributed by atoms with E-state index in [0.717, 1.165) is 0 Å². The largest absolute Gasteiger partial charge is 0.450 e. The normalized spacial score (nSPS) is 15.4. The van der Waals surface area contributed by atoms with E-state index in [4.69, 9.17) is 4.42 Å². The first-order valence-corrected chi connectivity index (χ1v) is 9.11. The molecule has 0 N–H and O–H groups in total. The number of rotatable bonds is 3. The molecule has 4 aromatic rings. The number of hydrogen-bond donors (Lipinski definition) is 0. The summed E-state index contributed by atoms with van der Waals surface area (Å²) in [6, 6.07) is 16.7. The summed E-state index contributed by atoms with van der Waals surface area (Å²) < 4.78 is 5.83. The third kappa shape index (κ3) is 2.58. The van der Waals surface area contributed by atoms with Crippen LogP contribution in [-0.4, -0.2) is 15.8 Å². The molecule has 1 aliphatic rings. The van der Waals surface area contributed by atoms with E-state index in [2.05, 4.69) is 4.98 Å². The van der Waals surface area contributed by atoms with Crippen LogP contribution in [0, 0.1) is 10.1 Å². The summed E-state index contributed by atoms with van der Waals surface area (Å²) in [6.07, 6.45) is 1.53. The van der Waals surface area contributed by atoms with Crippen LogP contribution in [0.1, 0.15) is 27.7 Å². The Balaban J connectivity index is 1.83. The minimum Gasteiger partial charge on any atom is -0.450 e. The Morgan fingerprint density at radius 2 is 1.80 bits per heavy atom. The monoisotopic (exact) mass is 399 g/mol. The summed E-state index contributed by atoms with van der Waals surface area (Å²) in [7, 11) is 0. The van der Waals surface area contributed by atoms with Gasteiger partial charge in [-0.1, -0.05) is 30.3 Å². The van der Waals surface area contributed by atoms with Gasteiger partial charge in [-0.3, -0.25) is 24.6 Å². The minimum atomic E-state index is -0.900. The second-order valence-corrected chi connectivity index (χ2v) is 6.79. The molecule has 2 aromatic carbocycles. The number of para-hydroxylation sites is 1. The van der Waals surface area contributed by atoms with Crippen molar-refractivity contribution in [3.8, 4) is 0 Å². The van der Waals surface area contributed by atoms with Gasteiger partial charge in [0, 0.05) is 18.3 Å². The molecule has 3 heterocycles. The molecule has 146 valence electrons. The van der Waals surface area contributed by atoms with Crippen molar-refractivity contribution in [3.05, 3.63) is 110 Å². The van der Waals surface area contributed by atoms with Gasteiger partial charge in [-0.15, -0.1) is 0 Å². The molecule has 1 aliphatic heterocycles. The fraction of sp³-hybridized carbons (Fsp3) is 0.0455. The number of amides is 1. The highest BCUT2D eigenvalue weighted by Crippen LogP contribution is 2.41. The first-order valence-electron chi connectivity index (χ1n) is 9.11. The molecule has 0 saturated heterocycles. The van der Waals surface area contributed by atoms with Crippen molar-refractivity contribution < 1.29 is 14.1 Å². The van der Waals surface area contributed by atoms with Gasteiger partial charge < -0.3 is 4.42 Å². The van der Waals surface area contributed by atoms with Crippen LogP contribution in [0.3, 0.4) is 0 Å². The van der Waals surface area contributed by atoms with E-state index in [1.165, 1.54) is 29.3 Å². The van der Waals surface area contributed by atoms with Crippen LogP contribution in [0.2, 0.25) is 0 Å². The lowest BCUT2D eigenvalue weighted by atomic mass is 9.98. The van der Waals surface area contributed by atoms with Crippen molar-refractivity contribution in [3.63, 3.8) is 0 Å². The van der Waals surface area contributed by atoms with E-state index < -0.39 is 16.9 Å². The molecule has 8 nitrogen and oxygen atoms in total. The van der Waals surface area contributed by atoms with Crippen molar-refractivity contribution in [1.29, 1.82) is 0 Å². The first-order chi connectivity index (χ1) is 14.6. The molecule has 2 aromatic heterocycles. The number of carbonyl (C=O) groups excluding carboxylic acids is 1. The summed E-state index contributed by atoms with van der Waals surface area (Å²) in [5.74, 6) is -0.294. The van der Waals surface area contributed by atoms with E-state index >= 15 is 0 Å². The zero-order valence-electron chi connectivity index (χ0n) is 15.4. The summed E-state index contributed by atoms with van der Waals surface area (Å²) in [6.45, 7) is 0. The van der Waals surface area contributed by atoms with Crippen LogP contribution in [-0.2, 0) is 0 Å². The van der Waals surface area contributed by atoms with E-state index in [9.17, 15) is 19.7 Å². The Hall–Kier alpha value is -4.33. The van der Waals surface area contributed by atoms with Gasteiger partial charge >= 0.3 is 0 Å². The molecule has 0 saturated carbocycles. The van der Waals surface area contributed by atoms with Crippen molar-refractivity contribution in [2.75, 3.05) is 4.90 Å². The number of hydrogen-bond acceptors (Lipinski definition) is 6. The van der Waals surface area contributed by atoms with Gasteiger partial charge in [-0.25, -0.2) is 4.98 Å². The van der Waals surface area contributed by atoms with Crippen LogP contribution in [0.25, 0.3) is 11.0 Å².